The van der Waals surface area contributed by atoms with Crippen LogP contribution >= 0.6 is 0 Å². The molecule has 1 heterocycles. The van der Waals surface area contributed by atoms with Gasteiger partial charge in [0.25, 0.3) is 0 Å². The summed E-state index contributed by atoms with van der Waals surface area (Å²) in [6, 6.07) is 0.723. The van der Waals surface area contributed by atoms with Crippen LogP contribution in [-0.2, 0) is 0 Å². The van der Waals surface area contributed by atoms with Gasteiger partial charge in [0.1, 0.15) is 11.6 Å². The maximum atomic E-state index is 4.23. The van der Waals surface area contributed by atoms with E-state index in [4.69, 9.17) is 0 Å². The Bertz CT molecular complexity index is 286. The minimum absolute atomic E-state index is 0.304. The minimum atomic E-state index is 0.304. The largest absolute Gasteiger partial charge is 0.311 e. The molecule has 0 saturated heterocycles. The summed E-state index contributed by atoms with van der Waals surface area (Å²) < 4.78 is 2.19. The molecule has 1 aromatic heterocycles. The van der Waals surface area contributed by atoms with E-state index in [0.29, 0.717) is 12.1 Å². The van der Waals surface area contributed by atoms with Gasteiger partial charge in [0, 0.05) is 6.04 Å². The molecule has 4 heteroatoms. The van der Waals surface area contributed by atoms with Crippen molar-refractivity contribution in [2.24, 2.45) is 0 Å². The van der Waals surface area contributed by atoms with Gasteiger partial charge < -0.3 is 9.88 Å². The van der Waals surface area contributed by atoms with Crippen LogP contribution in [-0.4, -0.2) is 21.8 Å². The van der Waals surface area contributed by atoms with Crippen LogP contribution in [0.15, 0.2) is 0 Å². The summed E-state index contributed by atoms with van der Waals surface area (Å²) in [5, 5.41) is 11.6. The highest BCUT2D eigenvalue weighted by Crippen LogP contribution is 2.19. The predicted octanol–water partition coefficient (Wildman–Crippen LogP) is 1.84. The highest BCUT2D eigenvalue weighted by Gasteiger charge is 2.17. The first-order valence-electron chi connectivity index (χ1n) is 5.20. The van der Waals surface area contributed by atoms with Crippen molar-refractivity contribution in [2.75, 3.05) is 7.05 Å². The van der Waals surface area contributed by atoms with Crippen LogP contribution in [0.5, 0.6) is 0 Å². The summed E-state index contributed by atoms with van der Waals surface area (Å²) in [4.78, 5) is 0. The van der Waals surface area contributed by atoms with Gasteiger partial charge in [-0.15, -0.1) is 10.2 Å². The van der Waals surface area contributed by atoms with Gasteiger partial charge >= 0.3 is 0 Å². The van der Waals surface area contributed by atoms with E-state index in [0.717, 1.165) is 18.1 Å². The molecule has 1 atom stereocenters. The summed E-state index contributed by atoms with van der Waals surface area (Å²) >= 11 is 0. The van der Waals surface area contributed by atoms with Gasteiger partial charge in [-0.2, -0.15) is 0 Å². The molecule has 0 aliphatic carbocycles. The minimum Gasteiger partial charge on any atom is -0.311 e. The summed E-state index contributed by atoms with van der Waals surface area (Å²) in [6.45, 7) is 8.46. The van der Waals surface area contributed by atoms with E-state index in [1.54, 1.807) is 0 Å². The van der Waals surface area contributed by atoms with Gasteiger partial charge in [0.15, 0.2) is 0 Å². The van der Waals surface area contributed by atoms with Crippen molar-refractivity contribution in [1.82, 2.24) is 20.1 Å². The Kier molecular flexibility index (Phi) is 3.63. The Balaban J connectivity index is 3.07. The van der Waals surface area contributed by atoms with Crippen LogP contribution in [0.1, 0.15) is 50.9 Å². The lowest BCUT2D eigenvalue weighted by molar-refractivity contribution is 0.473. The smallest absolute Gasteiger partial charge is 0.150 e. The molecule has 1 N–H and O–H groups in total. The number of hydrogen-bond donors (Lipinski definition) is 1. The monoisotopic (exact) mass is 196 g/mol. The van der Waals surface area contributed by atoms with Gasteiger partial charge in [-0.05, 0) is 34.2 Å². The zero-order chi connectivity index (χ0) is 10.7. The zero-order valence-electron chi connectivity index (χ0n) is 9.70. The van der Waals surface area contributed by atoms with Crippen molar-refractivity contribution >= 4 is 0 Å². The Hall–Kier alpha value is -0.900. The second-order valence-corrected chi connectivity index (χ2v) is 3.82. The van der Waals surface area contributed by atoms with E-state index in [1.807, 2.05) is 14.0 Å². The third-order valence-electron chi connectivity index (χ3n) is 2.48. The molecule has 14 heavy (non-hydrogen) atoms. The van der Waals surface area contributed by atoms with Gasteiger partial charge in [0.05, 0.1) is 6.04 Å². The lowest BCUT2D eigenvalue weighted by atomic mass is 10.2. The number of nitrogens with zero attached hydrogens (tertiary/aromatic N) is 3. The summed E-state index contributed by atoms with van der Waals surface area (Å²) in [5.74, 6) is 2.03. The SMILES string of the molecule is CCC(NC)c1nnc(C)n1C(C)C. The van der Waals surface area contributed by atoms with Crippen molar-refractivity contribution < 1.29 is 0 Å². The summed E-state index contributed by atoms with van der Waals surface area (Å²) in [5.41, 5.74) is 0. The number of hydrogen-bond acceptors (Lipinski definition) is 3. The van der Waals surface area contributed by atoms with Gasteiger partial charge in [0.2, 0.25) is 0 Å². The van der Waals surface area contributed by atoms with E-state index in [1.165, 1.54) is 0 Å². The molecule has 0 saturated carbocycles. The van der Waals surface area contributed by atoms with Crippen LogP contribution in [0.3, 0.4) is 0 Å². The number of rotatable bonds is 4. The first kappa shape index (κ1) is 11.2. The highest BCUT2D eigenvalue weighted by molar-refractivity contribution is 5.01. The Labute approximate surface area is 85.7 Å². The fraction of sp³-hybridized carbons (Fsp3) is 0.800. The maximum Gasteiger partial charge on any atom is 0.150 e. The number of nitrogens with one attached hydrogen (secondary N) is 1. The molecule has 0 aromatic carbocycles. The number of aromatic nitrogens is 3. The molecule has 1 unspecified atom stereocenters. The van der Waals surface area contributed by atoms with Crippen LogP contribution in [0.4, 0.5) is 0 Å². The fourth-order valence-corrected chi connectivity index (χ4v) is 1.78. The maximum absolute atomic E-state index is 4.23. The van der Waals surface area contributed by atoms with E-state index in [9.17, 15) is 0 Å². The third-order valence-corrected chi connectivity index (χ3v) is 2.48. The molecule has 1 rings (SSSR count). The van der Waals surface area contributed by atoms with Gasteiger partial charge in [-0.1, -0.05) is 6.92 Å². The molecule has 0 aliphatic heterocycles. The number of aryl methyl sites for hydroxylation is 1. The van der Waals surface area contributed by atoms with Crippen LogP contribution in [0.2, 0.25) is 0 Å². The standard InChI is InChI=1S/C10H20N4/c1-6-9(11-5)10-13-12-8(4)14(10)7(2)3/h7,9,11H,6H2,1-5H3. The third kappa shape index (κ3) is 1.95. The average Bonchev–Trinajstić information content (AvgIpc) is 2.50. The lowest BCUT2D eigenvalue weighted by Crippen LogP contribution is -2.21. The Morgan fingerprint density at radius 2 is 2.00 bits per heavy atom. The molecule has 80 valence electrons. The van der Waals surface area contributed by atoms with Crippen molar-refractivity contribution in [1.29, 1.82) is 0 Å². The molecule has 0 aliphatic rings. The average molecular weight is 196 g/mol. The van der Waals surface area contributed by atoms with E-state index in [2.05, 4.69) is 40.9 Å². The summed E-state index contributed by atoms with van der Waals surface area (Å²) in [6.07, 6.45) is 1.03. The van der Waals surface area contributed by atoms with Crippen LogP contribution in [0, 0.1) is 6.92 Å². The first-order valence-corrected chi connectivity index (χ1v) is 5.20. The topological polar surface area (TPSA) is 42.7 Å². The quantitative estimate of drug-likeness (QED) is 0.799. The van der Waals surface area contributed by atoms with Crippen molar-refractivity contribution in [3.8, 4) is 0 Å². The van der Waals surface area contributed by atoms with E-state index in [-0.39, 0.29) is 0 Å². The second kappa shape index (κ2) is 4.55. The molecule has 0 bridgehead atoms. The molecule has 1 aromatic rings. The highest BCUT2D eigenvalue weighted by atomic mass is 15.3. The van der Waals surface area contributed by atoms with Crippen LogP contribution < -0.4 is 5.32 Å². The second-order valence-electron chi connectivity index (χ2n) is 3.82. The molecule has 0 radical (unpaired) electrons. The molecule has 0 spiro atoms. The van der Waals surface area contributed by atoms with E-state index < -0.39 is 0 Å². The predicted molar refractivity (Wildman–Crippen MR) is 57.2 cm³/mol. The van der Waals surface area contributed by atoms with Crippen molar-refractivity contribution in [3.63, 3.8) is 0 Å². The molecule has 0 amide bonds. The van der Waals surface area contributed by atoms with Crippen molar-refractivity contribution in [2.45, 2.75) is 46.2 Å². The van der Waals surface area contributed by atoms with Crippen LogP contribution in [0.25, 0.3) is 0 Å². The Morgan fingerprint density at radius 1 is 1.36 bits per heavy atom. The van der Waals surface area contributed by atoms with Gasteiger partial charge in [-0.25, -0.2) is 0 Å². The first-order chi connectivity index (χ1) is 6.61. The fourth-order valence-electron chi connectivity index (χ4n) is 1.78. The molecule has 4 nitrogen and oxygen atoms in total. The molecule has 0 fully saturated rings. The summed E-state index contributed by atoms with van der Waals surface area (Å²) in [7, 11) is 1.96. The van der Waals surface area contributed by atoms with Gasteiger partial charge in [-0.3, -0.25) is 0 Å². The molecular weight excluding hydrogens is 176 g/mol. The zero-order valence-corrected chi connectivity index (χ0v) is 9.70. The van der Waals surface area contributed by atoms with Crippen molar-refractivity contribution in [3.05, 3.63) is 11.6 Å². The van der Waals surface area contributed by atoms with E-state index >= 15 is 0 Å². The normalized spacial score (nSPS) is 13.6. The molecular formula is C10H20N4. The lowest BCUT2D eigenvalue weighted by Gasteiger charge is -2.18. The Morgan fingerprint density at radius 3 is 2.43 bits per heavy atom.